The molecule has 1 heterocycles. The second-order valence-electron chi connectivity index (χ2n) is 5.05. The van der Waals surface area contributed by atoms with Gasteiger partial charge in [0.2, 0.25) is 0 Å². The summed E-state index contributed by atoms with van der Waals surface area (Å²) in [5, 5.41) is 8.24. The highest BCUT2D eigenvalue weighted by Gasteiger charge is 2.17. The van der Waals surface area contributed by atoms with Crippen LogP contribution >= 0.6 is 0 Å². The molecule has 0 unspecified atom stereocenters. The molecule has 0 radical (unpaired) electrons. The zero-order valence-corrected chi connectivity index (χ0v) is 13.0. The van der Waals surface area contributed by atoms with E-state index in [-0.39, 0.29) is 0 Å². The van der Waals surface area contributed by atoms with Gasteiger partial charge in [-0.3, -0.25) is 5.43 Å². The van der Waals surface area contributed by atoms with Gasteiger partial charge in [0.1, 0.15) is 0 Å². The maximum Gasteiger partial charge on any atom is 0.173 e. The van der Waals surface area contributed by atoms with Gasteiger partial charge in [-0.1, -0.05) is 24.3 Å². The van der Waals surface area contributed by atoms with Crippen molar-refractivity contribution in [2.45, 2.75) is 6.42 Å². The van der Waals surface area contributed by atoms with E-state index in [1.807, 2.05) is 42.5 Å². The fraction of sp³-hybridized carbons (Fsp3) is 0.176. The van der Waals surface area contributed by atoms with Crippen LogP contribution < -0.4 is 20.7 Å². The molecule has 0 atom stereocenters. The molecule has 1 aliphatic rings. The molecular weight excluding hydrogens is 292 g/mol. The summed E-state index contributed by atoms with van der Waals surface area (Å²) >= 11 is 0. The van der Waals surface area contributed by atoms with Crippen molar-refractivity contribution in [3.05, 3.63) is 59.2 Å². The summed E-state index contributed by atoms with van der Waals surface area (Å²) in [6.07, 6.45) is 0.664. The van der Waals surface area contributed by atoms with E-state index in [0.717, 1.165) is 22.4 Å². The topological polar surface area (TPSA) is 81.2 Å². The molecule has 0 aliphatic carbocycles. The summed E-state index contributed by atoms with van der Waals surface area (Å²) in [5.74, 6) is 7.37. The Labute approximate surface area is 134 Å². The number of hydrogen-bond donors (Lipinski definition) is 2. The average molecular weight is 310 g/mol. The van der Waals surface area contributed by atoms with E-state index in [4.69, 9.17) is 15.3 Å². The lowest BCUT2D eigenvalue weighted by Crippen LogP contribution is -2.20. The number of hydrazone groups is 2. The van der Waals surface area contributed by atoms with E-state index in [9.17, 15) is 0 Å². The third-order valence-electron chi connectivity index (χ3n) is 3.77. The molecule has 23 heavy (non-hydrogen) atoms. The molecule has 0 aromatic heterocycles. The normalized spacial score (nSPS) is 15.2. The van der Waals surface area contributed by atoms with E-state index in [1.54, 1.807) is 14.2 Å². The van der Waals surface area contributed by atoms with Crippen molar-refractivity contribution in [2.75, 3.05) is 14.2 Å². The third-order valence-corrected chi connectivity index (χ3v) is 3.77. The highest BCUT2D eigenvalue weighted by atomic mass is 16.5. The van der Waals surface area contributed by atoms with Crippen LogP contribution in [0.5, 0.6) is 11.5 Å². The summed E-state index contributed by atoms with van der Waals surface area (Å²) in [5.41, 5.74) is 6.82. The summed E-state index contributed by atoms with van der Waals surface area (Å²) in [7, 11) is 3.23. The van der Waals surface area contributed by atoms with E-state index < -0.39 is 0 Å². The number of fused-ring (bicyclic) bond motifs is 1. The maximum atomic E-state index is 5.47. The van der Waals surface area contributed by atoms with Crippen LogP contribution in [-0.4, -0.2) is 25.8 Å². The molecule has 118 valence electrons. The lowest BCUT2D eigenvalue weighted by atomic mass is 9.98. The van der Waals surface area contributed by atoms with Gasteiger partial charge in [0.05, 0.1) is 19.9 Å². The largest absolute Gasteiger partial charge is 0.493 e. The fourth-order valence-corrected chi connectivity index (χ4v) is 2.59. The summed E-state index contributed by atoms with van der Waals surface area (Å²) < 4.78 is 10.6. The SMILES string of the molecule is COc1ccc(C2=NN/C(=N/N)c3ccccc3C2)cc1OC. The number of hydrogen-bond acceptors (Lipinski definition) is 5. The predicted molar refractivity (Wildman–Crippen MR) is 90.1 cm³/mol. The lowest BCUT2D eigenvalue weighted by molar-refractivity contribution is 0.355. The van der Waals surface area contributed by atoms with Gasteiger partial charge in [-0.05, 0) is 23.8 Å². The number of nitrogens with zero attached hydrogens (tertiary/aromatic N) is 2. The first-order valence-electron chi connectivity index (χ1n) is 7.18. The first kappa shape index (κ1) is 14.9. The van der Waals surface area contributed by atoms with Crippen molar-refractivity contribution < 1.29 is 9.47 Å². The first-order valence-corrected chi connectivity index (χ1v) is 7.18. The Hall–Kier alpha value is -3.02. The molecule has 2 aromatic rings. The minimum atomic E-state index is 0.552. The second-order valence-corrected chi connectivity index (χ2v) is 5.05. The molecule has 0 spiro atoms. The number of nitrogens with two attached hydrogens (primary N) is 1. The second kappa shape index (κ2) is 6.39. The first-order chi connectivity index (χ1) is 11.3. The Morgan fingerprint density at radius 2 is 1.87 bits per heavy atom. The van der Waals surface area contributed by atoms with Crippen LogP contribution in [0.15, 0.2) is 52.7 Å². The van der Waals surface area contributed by atoms with Crippen LogP contribution in [-0.2, 0) is 6.42 Å². The number of methoxy groups -OCH3 is 2. The molecule has 3 N–H and O–H groups in total. The van der Waals surface area contributed by atoms with Gasteiger partial charge in [0.15, 0.2) is 17.3 Å². The third kappa shape index (κ3) is 2.83. The molecule has 0 fully saturated rings. The smallest absolute Gasteiger partial charge is 0.173 e. The van der Waals surface area contributed by atoms with Crippen molar-refractivity contribution in [1.29, 1.82) is 0 Å². The minimum Gasteiger partial charge on any atom is -0.493 e. The van der Waals surface area contributed by atoms with Gasteiger partial charge in [0.25, 0.3) is 0 Å². The van der Waals surface area contributed by atoms with Crippen LogP contribution in [0, 0.1) is 0 Å². The molecule has 1 aliphatic heterocycles. The minimum absolute atomic E-state index is 0.552. The van der Waals surface area contributed by atoms with Gasteiger partial charge in [-0.25, -0.2) is 0 Å². The van der Waals surface area contributed by atoms with E-state index >= 15 is 0 Å². The van der Waals surface area contributed by atoms with Crippen molar-refractivity contribution in [2.24, 2.45) is 16.0 Å². The molecule has 0 bridgehead atoms. The van der Waals surface area contributed by atoms with Crippen LogP contribution in [0.4, 0.5) is 0 Å². The number of rotatable bonds is 3. The zero-order valence-electron chi connectivity index (χ0n) is 13.0. The van der Waals surface area contributed by atoms with Gasteiger partial charge in [0, 0.05) is 17.5 Å². The molecule has 3 rings (SSSR count). The van der Waals surface area contributed by atoms with Crippen LogP contribution in [0.3, 0.4) is 0 Å². The Bertz CT molecular complexity index is 784. The molecule has 0 saturated heterocycles. The number of ether oxygens (including phenoxy) is 2. The van der Waals surface area contributed by atoms with E-state index in [2.05, 4.69) is 15.6 Å². The highest BCUT2D eigenvalue weighted by molar-refractivity contribution is 6.08. The average Bonchev–Trinajstić information content (AvgIpc) is 2.80. The van der Waals surface area contributed by atoms with Gasteiger partial charge >= 0.3 is 0 Å². The summed E-state index contributed by atoms with van der Waals surface area (Å²) in [6, 6.07) is 13.7. The molecule has 0 amide bonds. The van der Waals surface area contributed by atoms with E-state index in [0.29, 0.717) is 23.8 Å². The Morgan fingerprint density at radius 1 is 1.09 bits per heavy atom. The Balaban J connectivity index is 2.03. The van der Waals surface area contributed by atoms with Gasteiger partial charge < -0.3 is 15.3 Å². The van der Waals surface area contributed by atoms with Gasteiger partial charge in [-0.2, -0.15) is 10.2 Å². The fourth-order valence-electron chi connectivity index (χ4n) is 2.59. The number of nitrogens with one attached hydrogen (secondary N) is 1. The van der Waals surface area contributed by atoms with Crippen molar-refractivity contribution in [3.8, 4) is 11.5 Å². The zero-order chi connectivity index (χ0) is 16.2. The van der Waals surface area contributed by atoms with E-state index in [1.165, 1.54) is 0 Å². The molecule has 6 nitrogen and oxygen atoms in total. The summed E-state index contributed by atoms with van der Waals surface area (Å²) in [6.45, 7) is 0. The summed E-state index contributed by atoms with van der Waals surface area (Å²) in [4.78, 5) is 0. The Morgan fingerprint density at radius 3 is 2.61 bits per heavy atom. The number of benzene rings is 2. The van der Waals surface area contributed by atoms with Crippen LogP contribution in [0.2, 0.25) is 0 Å². The van der Waals surface area contributed by atoms with Crippen molar-refractivity contribution in [1.82, 2.24) is 5.43 Å². The molecule has 6 heteroatoms. The molecule has 2 aromatic carbocycles. The quantitative estimate of drug-likeness (QED) is 0.670. The van der Waals surface area contributed by atoms with Crippen molar-refractivity contribution in [3.63, 3.8) is 0 Å². The van der Waals surface area contributed by atoms with Crippen molar-refractivity contribution >= 4 is 11.5 Å². The highest BCUT2D eigenvalue weighted by Crippen LogP contribution is 2.28. The molecule has 0 saturated carbocycles. The standard InChI is InChI=1S/C17H18N4O2/c1-22-15-8-7-12(10-16(15)23-2)14-9-11-5-3-4-6-13(11)17(19-18)21-20-14/h3-8,10H,9,18H2,1-2H3,(H,19,21). The number of amidine groups is 1. The van der Waals surface area contributed by atoms with Crippen LogP contribution in [0.25, 0.3) is 0 Å². The monoisotopic (exact) mass is 310 g/mol. The molecular formula is C17H18N4O2. The van der Waals surface area contributed by atoms with Crippen LogP contribution in [0.1, 0.15) is 16.7 Å². The Kier molecular flexibility index (Phi) is 4.14. The lowest BCUT2D eigenvalue weighted by Gasteiger charge is -2.10. The predicted octanol–water partition coefficient (Wildman–Crippen LogP) is 1.87. The maximum absolute atomic E-state index is 5.47. The van der Waals surface area contributed by atoms with Gasteiger partial charge in [-0.15, -0.1) is 0 Å².